The molecule has 0 aromatic heterocycles. The Morgan fingerprint density at radius 3 is 1.82 bits per heavy atom. The van der Waals surface area contributed by atoms with Crippen LogP contribution in [-0.2, 0) is 29.2 Å². The van der Waals surface area contributed by atoms with Crippen molar-refractivity contribution in [3.05, 3.63) is 25.3 Å². The molecule has 1 unspecified atom stereocenters. The van der Waals surface area contributed by atoms with Crippen molar-refractivity contribution in [2.75, 3.05) is 13.2 Å². The zero-order chi connectivity index (χ0) is 21.6. The van der Waals surface area contributed by atoms with Crippen molar-refractivity contribution in [2.24, 2.45) is 11.8 Å². The second-order valence-electron chi connectivity index (χ2n) is 6.80. The van der Waals surface area contributed by atoms with Crippen molar-refractivity contribution in [1.82, 2.24) is 0 Å². The van der Waals surface area contributed by atoms with Gasteiger partial charge in [-0.2, -0.15) is 8.42 Å². The van der Waals surface area contributed by atoms with Crippen LogP contribution in [0.3, 0.4) is 0 Å². The molecule has 0 amide bonds. The van der Waals surface area contributed by atoms with Gasteiger partial charge in [0.25, 0.3) is 10.1 Å². The summed E-state index contributed by atoms with van der Waals surface area (Å²) in [6.45, 7) is 11.3. The lowest BCUT2D eigenvalue weighted by atomic mass is 10.0. The molecule has 0 saturated heterocycles. The van der Waals surface area contributed by atoms with E-state index in [0.717, 1.165) is 38.5 Å². The number of carbonyl (C=O) groups is 2. The molecule has 7 nitrogen and oxygen atoms in total. The lowest BCUT2D eigenvalue weighted by Crippen LogP contribution is -2.35. The van der Waals surface area contributed by atoms with Gasteiger partial charge in [-0.05, 0) is 37.5 Å². The number of rotatable bonds is 16. The van der Waals surface area contributed by atoms with Crippen molar-refractivity contribution in [2.45, 2.75) is 64.0 Å². The second kappa shape index (κ2) is 14.3. The first-order valence-electron chi connectivity index (χ1n) is 9.69. The Balaban J connectivity index is 4.76. The fraction of sp³-hybridized carbons (Fsp3) is 0.700. The molecule has 1 N–H and O–H groups in total. The van der Waals surface area contributed by atoms with Gasteiger partial charge >= 0.3 is 11.9 Å². The average molecular weight is 419 g/mol. The lowest BCUT2D eigenvalue weighted by Gasteiger charge is -2.18. The quantitative estimate of drug-likeness (QED) is 0.231. The molecule has 8 heteroatoms. The van der Waals surface area contributed by atoms with Gasteiger partial charge in [0.15, 0.2) is 5.25 Å². The molecule has 0 aliphatic heterocycles. The van der Waals surface area contributed by atoms with Gasteiger partial charge in [0.05, 0.1) is 19.6 Å². The molecule has 3 atom stereocenters. The van der Waals surface area contributed by atoms with E-state index >= 15 is 0 Å². The maximum absolute atomic E-state index is 12.2. The second-order valence-corrected chi connectivity index (χ2v) is 8.40. The zero-order valence-electron chi connectivity index (χ0n) is 17.0. The monoisotopic (exact) mass is 418 g/mol. The van der Waals surface area contributed by atoms with Crippen molar-refractivity contribution >= 4 is 22.1 Å². The largest absolute Gasteiger partial charge is 0.465 e. The molecule has 0 spiro atoms. The average Bonchev–Trinajstić information content (AvgIpc) is 2.65. The van der Waals surface area contributed by atoms with Crippen LogP contribution in [-0.4, -0.2) is 43.4 Å². The Bertz CT molecular complexity index is 598. The van der Waals surface area contributed by atoms with Crippen molar-refractivity contribution < 1.29 is 32.0 Å². The van der Waals surface area contributed by atoms with Crippen molar-refractivity contribution in [1.29, 1.82) is 0 Å². The van der Waals surface area contributed by atoms with Gasteiger partial charge in [-0.25, -0.2) is 0 Å². The van der Waals surface area contributed by atoms with Gasteiger partial charge in [-0.1, -0.05) is 38.8 Å². The first-order chi connectivity index (χ1) is 13.2. The highest BCUT2D eigenvalue weighted by Crippen LogP contribution is 2.16. The van der Waals surface area contributed by atoms with Crippen LogP contribution in [0.15, 0.2) is 25.3 Å². The first-order valence-corrected chi connectivity index (χ1v) is 11.2. The SMILES string of the molecule is C=CCC[C@H](CC)COC(=O)CC(C(=O)OC[C@@H](CC)CCC=C)S(=O)(=O)O. The zero-order valence-corrected chi connectivity index (χ0v) is 17.8. The van der Waals surface area contributed by atoms with Crippen LogP contribution in [0.1, 0.15) is 58.8 Å². The minimum atomic E-state index is -4.79. The molecule has 0 saturated carbocycles. The third kappa shape index (κ3) is 11.2. The van der Waals surface area contributed by atoms with Gasteiger partial charge < -0.3 is 9.47 Å². The maximum Gasteiger partial charge on any atom is 0.327 e. The van der Waals surface area contributed by atoms with E-state index in [9.17, 15) is 22.6 Å². The molecule has 0 fully saturated rings. The van der Waals surface area contributed by atoms with E-state index in [4.69, 9.17) is 9.47 Å². The van der Waals surface area contributed by atoms with Gasteiger partial charge in [-0.15, -0.1) is 13.2 Å². The summed E-state index contributed by atoms with van der Waals surface area (Å²) in [5.41, 5.74) is 0. The minimum Gasteiger partial charge on any atom is -0.465 e. The molecule has 0 bridgehead atoms. The number of esters is 2. The third-order valence-corrected chi connectivity index (χ3v) is 5.71. The van der Waals surface area contributed by atoms with Crippen LogP contribution in [0.25, 0.3) is 0 Å². The molecule has 0 aliphatic carbocycles. The number of ether oxygens (including phenoxy) is 2. The van der Waals surface area contributed by atoms with Gasteiger partial charge in [0.1, 0.15) is 0 Å². The Morgan fingerprint density at radius 1 is 0.964 bits per heavy atom. The molecule has 0 radical (unpaired) electrons. The van der Waals surface area contributed by atoms with E-state index in [1.165, 1.54) is 0 Å². The van der Waals surface area contributed by atoms with E-state index in [-0.39, 0.29) is 25.0 Å². The van der Waals surface area contributed by atoms with Crippen molar-refractivity contribution in [3.8, 4) is 0 Å². The number of allylic oxidation sites excluding steroid dienone is 2. The van der Waals surface area contributed by atoms with Gasteiger partial charge in [0, 0.05) is 0 Å². The van der Waals surface area contributed by atoms with Crippen molar-refractivity contribution in [3.63, 3.8) is 0 Å². The molecular formula is C20H34O7S. The number of carbonyl (C=O) groups excluding carboxylic acids is 2. The van der Waals surface area contributed by atoms with Crippen LogP contribution in [0.5, 0.6) is 0 Å². The van der Waals surface area contributed by atoms with Gasteiger partial charge in [0.2, 0.25) is 0 Å². The summed E-state index contributed by atoms with van der Waals surface area (Å²) in [6, 6.07) is 0. The Hall–Kier alpha value is -1.67. The first kappa shape index (κ1) is 26.3. The van der Waals surface area contributed by atoms with E-state index in [1.807, 2.05) is 13.8 Å². The summed E-state index contributed by atoms with van der Waals surface area (Å²) in [7, 11) is -4.79. The fourth-order valence-electron chi connectivity index (χ4n) is 2.54. The maximum atomic E-state index is 12.2. The predicted molar refractivity (Wildman–Crippen MR) is 108 cm³/mol. The highest BCUT2D eigenvalue weighted by molar-refractivity contribution is 7.87. The molecule has 0 aromatic carbocycles. The molecule has 0 aromatic rings. The normalized spacial score (nSPS) is 14.5. The lowest BCUT2D eigenvalue weighted by molar-refractivity contribution is -0.151. The molecule has 0 heterocycles. The van der Waals surface area contributed by atoms with Gasteiger partial charge in [-0.3, -0.25) is 14.1 Å². The van der Waals surface area contributed by atoms with E-state index in [2.05, 4.69) is 13.2 Å². The molecule has 0 rings (SSSR count). The third-order valence-electron chi connectivity index (χ3n) is 4.63. The minimum absolute atomic E-state index is 0.0176. The van der Waals surface area contributed by atoms with Crippen LogP contribution in [0, 0.1) is 11.8 Å². The topological polar surface area (TPSA) is 107 Å². The highest BCUT2D eigenvalue weighted by atomic mass is 32.2. The summed E-state index contributed by atoms with van der Waals surface area (Å²) >= 11 is 0. The smallest absolute Gasteiger partial charge is 0.327 e. The summed E-state index contributed by atoms with van der Waals surface area (Å²) in [6.07, 6.45) is 7.33. The Kier molecular flexibility index (Phi) is 13.5. The summed E-state index contributed by atoms with van der Waals surface area (Å²) in [5.74, 6) is -1.84. The van der Waals surface area contributed by atoms with E-state index in [0.29, 0.717) is 0 Å². The van der Waals surface area contributed by atoms with Crippen LogP contribution in [0.2, 0.25) is 0 Å². The van der Waals surface area contributed by atoms with E-state index < -0.39 is 33.7 Å². The molecule has 28 heavy (non-hydrogen) atoms. The molecule has 0 aliphatic rings. The Morgan fingerprint density at radius 2 is 1.43 bits per heavy atom. The highest BCUT2D eigenvalue weighted by Gasteiger charge is 2.36. The standard InChI is InChI=1S/C20H34O7S/c1-5-9-11-16(7-3)14-26-19(21)13-18(28(23,24)25)20(22)27-15-17(8-4)12-10-6-2/h5-6,16-18H,1-2,7-15H2,3-4H3,(H,23,24,25)/t16-,17-,18?/m0/s1. The summed E-state index contributed by atoms with van der Waals surface area (Å²) in [5, 5.41) is -1.98. The summed E-state index contributed by atoms with van der Waals surface area (Å²) < 4.78 is 42.6. The molecule has 162 valence electrons. The fourth-order valence-corrected chi connectivity index (χ4v) is 3.20. The predicted octanol–water partition coefficient (Wildman–Crippen LogP) is 3.70. The van der Waals surface area contributed by atoms with Crippen LogP contribution < -0.4 is 0 Å². The number of hydrogen-bond acceptors (Lipinski definition) is 6. The Labute approximate surface area is 168 Å². The van der Waals surface area contributed by atoms with Crippen LogP contribution in [0.4, 0.5) is 0 Å². The summed E-state index contributed by atoms with van der Waals surface area (Å²) in [4.78, 5) is 24.2. The van der Waals surface area contributed by atoms with E-state index in [1.54, 1.807) is 12.2 Å². The van der Waals surface area contributed by atoms with Crippen LogP contribution >= 0.6 is 0 Å². The molecular weight excluding hydrogens is 384 g/mol. The number of hydrogen-bond donors (Lipinski definition) is 1.